The summed E-state index contributed by atoms with van der Waals surface area (Å²) in [5.41, 5.74) is 3.84. The molecule has 5 nitrogen and oxygen atoms in total. The summed E-state index contributed by atoms with van der Waals surface area (Å²) < 4.78 is 0. The monoisotopic (exact) mass is 359 g/mol. The Balaban J connectivity index is 1.86. The molecule has 7 heteroatoms. The Morgan fingerprint density at radius 3 is 2.38 bits per heavy atom. The molecule has 24 heavy (non-hydrogen) atoms. The number of anilines is 4. The van der Waals surface area contributed by atoms with Gasteiger partial charge in [0.2, 0.25) is 5.95 Å². The van der Waals surface area contributed by atoms with Crippen LogP contribution in [0.15, 0.2) is 42.6 Å². The highest BCUT2D eigenvalue weighted by Gasteiger charge is 2.09. The predicted octanol–water partition coefficient (Wildman–Crippen LogP) is 5.28. The largest absolute Gasteiger partial charge is 0.336 e. The molecule has 0 saturated heterocycles. The first-order valence-corrected chi connectivity index (χ1v) is 8.04. The van der Waals surface area contributed by atoms with Gasteiger partial charge in [-0.2, -0.15) is 10.1 Å². The Labute approximate surface area is 150 Å². The summed E-state index contributed by atoms with van der Waals surface area (Å²) in [6.45, 7) is 4.09. The van der Waals surface area contributed by atoms with E-state index < -0.39 is 0 Å². The van der Waals surface area contributed by atoms with Gasteiger partial charge < -0.3 is 10.6 Å². The average Bonchev–Trinajstić information content (AvgIpc) is 2.56. The lowest BCUT2D eigenvalue weighted by Crippen LogP contribution is -2.04. The van der Waals surface area contributed by atoms with Gasteiger partial charge in [-0.3, -0.25) is 0 Å². The van der Waals surface area contributed by atoms with Crippen molar-refractivity contribution in [3.63, 3.8) is 0 Å². The number of benzene rings is 2. The molecule has 0 unspecified atom stereocenters. The molecule has 3 rings (SSSR count). The van der Waals surface area contributed by atoms with Crippen LogP contribution in [0, 0.1) is 13.8 Å². The maximum Gasteiger partial charge on any atom is 0.249 e. The SMILES string of the molecule is Cc1cccc(Nc2nncc(Nc3c(Cl)cccc3Cl)n2)c1C. The van der Waals surface area contributed by atoms with E-state index in [1.165, 1.54) is 11.8 Å². The van der Waals surface area contributed by atoms with E-state index in [9.17, 15) is 0 Å². The standard InChI is InChI=1S/C17H15Cl2N5/c1-10-5-3-8-14(11(10)2)21-17-23-15(9-20-24-17)22-16-12(18)6-4-7-13(16)19/h3-9H,1-2H3,(H2,21,22,23,24). The van der Waals surface area contributed by atoms with E-state index in [-0.39, 0.29) is 0 Å². The number of nitrogens with zero attached hydrogens (tertiary/aromatic N) is 3. The normalized spacial score (nSPS) is 10.5. The van der Waals surface area contributed by atoms with Crippen molar-refractivity contribution in [3.8, 4) is 0 Å². The topological polar surface area (TPSA) is 62.7 Å². The molecule has 0 radical (unpaired) electrons. The minimum Gasteiger partial charge on any atom is -0.336 e. The molecular weight excluding hydrogens is 345 g/mol. The molecule has 0 aliphatic rings. The third-order valence-electron chi connectivity index (χ3n) is 3.63. The molecule has 3 aromatic rings. The zero-order chi connectivity index (χ0) is 17.1. The smallest absolute Gasteiger partial charge is 0.249 e. The summed E-state index contributed by atoms with van der Waals surface area (Å²) in [6, 6.07) is 11.3. The molecule has 0 bridgehead atoms. The van der Waals surface area contributed by atoms with Gasteiger partial charge in [-0.1, -0.05) is 41.4 Å². The number of hydrogen-bond donors (Lipinski definition) is 2. The molecule has 0 atom stereocenters. The zero-order valence-corrected chi connectivity index (χ0v) is 14.7. The van der Waals surface area contributed by atoms with Crippen LogP contribution in [0.5, 0.6) is 0 Å². The Hall–Kier alpha value is -2.37. The van der Waals surface area contributed by atoms with Crippen molar-refractivity contribution in [2.45, 2.75) is 13.8 Å². The lowest BCUT2D eigenvalue weighted by atomic mass is 10.1. The Morgan fingerprint density at radius 1 is 0.917 bits per heavy atom. The van der Waals surface area contributed by atoms with Crippen LogP contribution >= 0.6 is 23.2 Å². The highest BCUT2D eigenvalue weighted by Crippen LogP contribution is 2.32. The minimum atomic E-state index is 0.386. The number of nitrogens with one attached hydrogen (secondary N) is 2. The van der Waals surface area contributed by atoms with E-state index in [0.29, 0.717) is 27.5 Å². The van der Waals surface area contributed by atoms with Gasteiger partial charge in [0.25, 0.3) is 0 Å². The van der Waals surface area contributed by atoms with Crippen LogP contribution < -0.4 is 10.6 Å². The fourth-order valence-electron chi connectivity index (χ4n) is 2.17. The van der Waals surface area contributed by atoms with Gasteiger partial charge >= 0.3 is 0 Å². The van der Waals surface area contributed by atoms with Crippen molar-refractivity contribution in [2.24, 2.45) is 0 Å². The van der Waals surface area contributed by atoms with Crippen LogP contribution in [-0.2, 0) is 0 Å². The molecule has 0 aliphatic heterocycles. The van der Waals surface area contributed by atoms with Gasteiger partial charge in [0.15, 0.2) is 5.82 Å². The Kier molecular flexibility index (Phi) is 4.83. The lowest BCUT2D eigenvalue weighted by Gasteiger charge is -2.12. The van der Waals surface area contributed by atoms with Crippen LogP contribution in [0.2, 0.25) is 10.0 Å². The first-order valence-electron chi connectivity index (χ1n) is 7.28. The van der Waals surface area contributed by atoms with E-state index in [1.54, 1.807) is 18.2 Å². The van der Waals surface area contributed by atoms with Gasteiger partial charge in [0.05, 0.1) is 21.9 Å². The molecule has 0 aliphatic carbocycles. The maximum atomic E-state index is 6.16. The van der Waals surface area contributed by atoms with Crippen LogP contribution in [0.1, 0.15) is 11.1 Å². The van der Waals surface area contributed by atoms with Crippen LogP contribution in [0.25, 0.3) is 0 Å². The molecule has 122 valence electrons. The van der Waals surface area contributed by atoms with Crippen molar-refractivity contribution in [3.05, 3.63) is 63.8 Å². The fraction of sp³-hybridized carbons (Fsp3) is 0.118. The van der Waals surface area contributed by atoms with Crippen molar-refractivity contribution in [1.82, 2.24) is 15.2 Å². The lowest BCUT2D eigenvalue weighted by molar-refractivity contribution is 0.981. The number of rotatable bonds is 4. The number of aryl methyl sites for hydroxylation is 1. The van der Waals surface area contributed by atoms with Crippen molar-refractivity contribution in [2.75, 3.05) is 10.6 Å². The quantitative estimate of drug-likeness (QED) is 0.663. The van der Waals surface area contributed by atoms with Gasteiger partial charge in [0, 0.05) is 5.69 Å². The number of hydrogen-bond acceptors (Lipinski definition) is 5. The Morgan fingerprint density at radius 2 is 1.62 bits per heavy atom. The van der Waals surface area contributed by atoms with Gasteiger partial charge in [-0.25, -0.2) is 0 Å². The molecule has 1 aromatic heterocycles. The second-order valence-electron chi connectivity index (χ2n) is 5.26. The maximum absolute atomic E-state index is 6.16. The molecule has 2 aromatic carbocycles. The van der Waals surface area contributed by atoms with Crippen LogP contribution in [-0.4, -0.2) is 15.2 Å². The molecule has 0 saturated carbocycles. The van der Waals surface area contributed by atoms with E-state index in [1.807, 2.05) is 19.1 Å². The zero-order valence-electron chi connectivity index (χ0n) is 13.1. The van der Waals surface area contributed by atoms with Crippen LogP contribution in [0.4, 0.5) is 23.1 Å². The summed E-state index contributed by atoms with van der Waals surface area (Å²) in [4.78, 5) is 4.40. The second kappa shape index (κ2) is 7.03. The van der Waals surface area contributed by atoms with Gasteiger partial charge in [-0.05, 0) is 43.2 Å². The molecule has 0 amide bonds. The van der Waals surface area contributed by atoms with E-state index >= 15 is 0 Å². The van der Waals surface area contributed by atoms with E-state index in [4.69, 9.17) is 23.2 Å². The van der Waals surface area contributed by atoms with Gasteiger partial charge in [0.1, 0.15) is 0 Å². The van der Waals surface area contributed by atoms with Crippen LogP contribution in [0.3, 0.4) is 0 Å². The fourth-order valence-corrected chi connectivity index (χ4v) is 2.66. The van der Waals surface area contributed by atoms with Gasteiger partial charge in [-0.15, -0.1) is 5.10 Å². The number of para-hydroxylation sites is 1. The third kappa shape index (κ3) is 3.58. The average molecular weight is 360 g/mol. The predicted molar refractivity (Wildman–Crippen MR) is 98.8 cm³/mol. The first-order chi connectivity index (χ1) is 11.5. The number of halogens is 2. The highest BCUT2D eigenvalue weighted by molar-refractivity contribution is 6.39. The van der Waals surface area contributed by atoms with E-state index in [0.717, 1.165) is 11.3 Å². The molecule has 0 fully saturated rings. The first kappa shape index (κ1) is 16.5. The summed E-state index contributed by atoms with van der Waals surface area (Å²) >= 11 is 12.3. The molecule has 2 N–H and O–H groups in total. The van der Waals surface area contributed by atoms with Crippen molar-refractivity contribution in [1.29, 1.82) is 0 Å². The molecular formula is C17H15Cl2N5. The Bertz CT molecular complexity index is 862. The summed E-state index contributed by atoms with van der Waals surface area (Å²) in [5, 5.41) is 15.2. The molecule has 0 spiro atoms. The number of aromatic nitrogens is 3. The summed E-state index contributed by atoms with van der Waals surface area (Å²) in [7, 11) is 0. The second-order valence-corrected chi connectivity index (χ2v) is 6.07. The van der Waals surface area contributed by atoms with Crippen molar-refractivity contribution >= 4 is 46.3 Å². The summed E-state index contributed by atoms with van der Waals surface area (Å²) in [6.07, 6.45) is 1.51. The van der Waals surface area contributed by atoms with E-state index in [2.05, 4.69) is 38.8 Å². The summed E-state index contributed by atoms with van der Waals surface area (Å²) in [5.74, 6) is 0.879. The molecule has 1 heterocycles. The third-order valence-corrected chi connectivity index (χ3v) is 4.26. The minimum absolute atomic E-state index is 0.386. The van der Waals surface area contributed by atoms with Crippen molar-refractivity contribution < 1.29 is 0 Å². The highest BCUT2D eigenvalue weighted by atomic mass is 35.5.